The van der Waals surface area contributed by atoms with E-state index in [0.717, 1.165) is 18.7 Å². The van der Waals surface area contributed by atoms with Crippen LogP contribution in [0.3, 0.4) is 0 Å². The van der Waals surface area contributed by atoms with Crippen LogP contribution >= 0.6 is 0 Å². The highest BCUT2D eigenvalue weighted by molar-refractivity contribution is 5.37. The van der Waals surface area contributed by atoms with Crippen molar-refractivity contribution in [2.24, 2.45) is 5.73 Å². The summed E-state index contributed by atoms with van der Waals surface area (Å²) in [4.78, 5) is 9.45. The molecule has 0 amide bonds. The number of fused-ring (bicyclic) bond motifs is 1. The molecular weight excluding hydrogens is 198 g/mol. The summed E-state index contributed by atoms with van der Waals surface area (Å²) < 4.78 is 0. The Hall–Kier alpha value is -0.960. The molecule has 1 aromatic rings. The Kier molecular flexibility index (Phi) is 2.25. The molecule has 3 heteroatoms. The van der Waals surface area contributed by atoms with Crippen LogP contribution in [0.25, 0.3) is 0 Å². The smallest absolute Gasteiger partial charge is 0.131 e. The van der Waals surface area contributed by atoms with Crippen LogP contribution in [0, 0.1) is 0 Å². The number of aryl methyl sites for hydroxylation is 1. The lowest BCUT2D eigenvalue weighted by molar-refractivity contribution is 0.699. The molecular formula is C13H19N3. The Morgan fingerprint density at radius 3 is 2.56 bits per heavy atom. The van der Waals surface area contributed by atoms with Crippen molar-refractivity contribution in [1.82, 2.24) is 9.97 Å². The van der Waals surface area contributed by atoms with Crippen LogP contribution in [-0.2, 0) is 6.42 Å². The maximum atomic E-state index is 6.16. The Morgan fingerprint density at radius 2 is 1.94 bits per heavy atom. The van der Waals surface area contributed by atoms with E-state index in [-0.39, 0.29) is 6.04 Å². The quantitative estimate of drug-likeness (QED) is 0.827. The van der Waals surface area contributed by atoms with Gasteiger partial charge in [-0.25, -0.2) is 9.97 Å². The molecule has 0 saturated heterocycles. The summed E-state index contributed by atoms with van der Waals surface area (Å²) in [5, 5.41) is 0. The molecule has 2 N–H and O–H groups in total. The summed E-state index contributed by atoms with van der Waals surface area (Å²) >= 11 is 0. The van der Waals surface area contributed by atoms with E-state index in [1.807, 2.05) is 0 Å². The fraction of sp³-hybridized carbons (Fsp3) is 0.692. The van der Waals surface area contributed by atoms with Crippen LogP contribution in [0.1, 0.15) is 73.8 Å². The molecule has 2 aliphatic carbocycles. The third-order valence-electron chi connectivity index (χ3n) is 3.61. The number of hydrogen-bond donors (Lipinski definition) is 1. The molecule has 1 fully saturated rings. The summed E-state index contributed by atoms with van der Waals surface area (Å²) in [6.45, 7) is 4.32. The molecule has 0 aliphatic heterocycles. The fourth-order valence-electron chi connectivity index (χ4n) is 2.51. The molecule has 1 heterocycles. The van der Waals surface area contributed by atoms with Gasteiger partial charge in [0.05, 0.1) is 5.69 Å². The van der Waals surface area contributed by atoms with Crippen molar-refractivity contribution in [3.63, 3.8) is 0 Å². The summed E-state index contributed by atoms with van der Waals surface area (Å²) in [6.07, 6.45) is 4.66. The molecule has 1 aromatic heterocycles. The van der Waals surface area contributed by atoms with Gasteiger partial charge >= 0.3 is 0 Å². The lowest BCUT2D eigenvalue weighted by Crippen LogP contribution is -2.12. The van der Waals surface area contributed by atoms with Crippen LogP contribution in [0.5, 0.6) is 0 Å². The maximum Gasteiger partial charge on any atom is 0.131 e. The van der Waals surface area contributed by atoms with Gasteiger partial charge in [-0.15, -0.1) is 0 Å². The van der Waals surface area contributed by atoms with E-state index in [4.69, 9.17) is 10.7 Å². The van der Waals surface area contributed by atoms with Crippen molar-refractivity contribution in [2.75, 3.05) is 0 Å². The minimum Gasteiger partial charge on any atom is -0.324 e. The van der Waals surface area contributed by atoms with Crippen molar-refractivity contribution >= 4 is 0 Å². The van der Waals surface area contributed by atoms with Crippen molar-refractivity contribution in [1.29, 1.82) is 0 Å². The number of nitrogens with zero attached hydrogens (tertiary/aromatic N) is 2. The molecule has 1 saturated carbocycles. The molecule has 3 rings (SSSR count). The normalized spacial score (nSPS) is 23.9. The van der Waals surface area contributed by atoms with Crippen molar-refractivity contribution in [2.45, 2.75) is 57.4 Å². The first-order valence-electron chi connectivity index (χ1n) is 6.33. The van der Waals surface area contributed by atoms with Gasteiger partial charge in [-0.2, -0.15) is 0 Å². The highest BCUT2D eigenvalue weighted by Gasteiger charge is 2.34. The number of nitrogens with two attached hydrogens (primary N) is 1. The van der Waals surface area contributed by atoms with E-state index in [1.165, 1.54) is 29.8 Å². The maximum absolute atomic E-state index is 6.16. The van der Waals surface area contributed by atoms with Crippen molar-refractivity contribution in [3.8, 4) is 0 Å². The standard InChI is InChI=1S/C13H19N3/c1-7(2)13-15-10-6-5-9(14)11(10)12(16-13)8-3-4-8/h7-9H,3-6,14H2,1-2H3. The second-order valence-corrected chi connectivity index (χ2v) is 5.40. The van der Waals surface area contributed by atoms with Crippen LogP contribution < -0.4 is 5.73 Å². The summed E-state index contributed by atoms with van der Waals surface area (Å²) in [7, 11) is 0. The first-order valence-corrected chi connectivity index (χ1v) is 6.33. The second kappa shape index (κ2) is 3.52. The molecule has 1 unspecified atom stereocenters. The third kappa shape index (κ3) is 1.54. The van der Waals surface area contributed by atoms with E-state index < -0.39 is 0 Å². The van der Waals surface area contributed by atoms with Crippen molar-refractivity contribution in [3.05, 3.63) is 22.8 Å². The van der Waals surface area contributed by atoms with E-state index in [0.29, 0.717) is 11.8 Å². The van der Waals surface area contributed by atoms with Crippen LogP contribution in [-0.4, -0.2) is 9.97 Å². The fourth-order valence-corrected chi connectivity index (χ4v) is 2.51. The van der Waals surface area contributed by atoms with Gasteiger partial charge in [-0.05, 0) is 25.7 Å². The zero-order valence-electron chi connectivity index (χ0n) is 10.0. The monoisotopic (exact) mass is 217 g/mol. The van der Waals surface area contributed by atoms with Crippen LogP contribution in [0.15, 0.2) is 0 Å². The average molecular weight is 217 g/mol. The Balaban J connectivity index is 2.13. The third-order valence-corrected chi connectivity index (χ3v) is 3.61. The molecule has 0 aromatic carbocycles. The first-order chi connectivity index (χ1) is 7.66. The lowest BCUT2D eigenvalue weighted by atomic mass is 10.1. The van der Waals surface area contributed by atoms with E-state index in [9.17, 15) is 0 Å². The molecule has 3 nitrogen and oxygen atoms in total. The zero-order valence-corrected chi connectivity index (χ0v) is 10.0. The topological polar surface area (TPSA) is 51.8 Å². The predicted octanol–water partition coefficient (Wildman–Crippen LogP) is 2.42. The van der Waals surface area contributed by atoms with Gasteiger partial charge < -0.3 is 5.73 Å². The minimum absolute atomic E-state index is 0.187. The number of aromatic nitrogens is 2. The van der Waals surface area contributed by atoms with Gasteiger partial charge in [0.1, 0.15) is 5.82 Å². The van der Waals surface area contributed by atoms with Gasteiger partial charge in [-0.1, -0.05) is 13.8 Å². The molecule has 0 bridgehead atoms. The van der Waals surface area contributed by atoms with Gasteiger partial charge in [-0.3, -0.25) is 0 Å². The molecule has 0 spiro atoms. The van der Waals surface area contributed by atoms with Crippen LogP contribution in [0.2, 0.25) is 0 Å². The van der Waals surface area contributed by atoms with E-state index in [2.05, 4.69) is 18.8 Å². The van der Waals surface area contributed by atoms with Gasteiger partial charge in [0.15, 0.2) is 0 Å². The average Bonchev–Trinajstić information content (AvgIpc) is 3.03. The van der Waals surface area contributed by atoms with Crippen molar-refractivity contribution < 1.29 is 0 Å². The predicted molar refractivity (Wildman–Crippen MR) is 63.3 cm³/mol. The molecule has 16 heavy (non-hydrogen) atoms. The Bertz CT molecular complexity index is 421. The zero-order chi connectivity index (χ0) is 11.3. The van der Waals surface area contributed by atoms with E-state index >= 15 is 0 Å². The molecule has 0 radical (unpaired) electrons. The summed E-state index contributed by atoms with van der Waals surface area (Å²) in [6, 6.07) is 0.187. The molecule has 86 valence electrons. The lowest BCUT2D eigenvalue weighted by Gasteiger charge is -2.13. The first kappa shape index (κ1) is 10.2. The highest BCUT2D eigenvalue weighted by Crippen LogP contribution is 2.45. The summed E-state index contributed by atoms with van der Waals surface area (Å²) in [5.41, 5.74) is 9.95. The van der Waals surface area contributed by atoms with Gasteiger partial charge in [0.25, 0.3) is 0 Å². The van der Waals surface area contributed by atoms with Crippen LogP contribution in [0.4, 0.5) is 0 Å². The molecule has 1 atom stereocenters. The minimum atomic E-state index is 0.187. The highest BCUT2D eigenvalue weighted by atomic mass is 14.9. The SMILES string of the molecule is CC(C)c1nc2c(c(C3CC3)n1)C(N)CC2. The molecule has 2 aliphatic rings. The Labute approximate surface area is 96.5 Å². The number of rotatable bonds is 2. The summed E-state index contributed by atoms with van der Waals surface area (Å²) in [5.74, 6) is 2.10. The second-order valence-electron chi connectivity index (χ2n) is 5.40. The number of hydrogen-bond acceptors (Lipinski definition) is 3. The largest absolute Gasteiger partial charge is 0.324 e. The van der Waals surface area contributed by atoms with Gasteiger partial charge in [0, 0.05) is 29.1 Å². The Morgan fingerprint density at radius 1 is 1.19 bits per heavy atom. The van der Waals surface area contributed by atoms with Gasteiger partial charge in [0.2, 0.25) is 0 Å². The van der Waals surface area contributed by atoms with E-state index in [1.54, 1.807) is 0 Å².